The third-order valence-corrected chi connectivity index (χ3v) is 1.96. The summed E-state index contributed by atoms with van der Waals surface area (Å²) in [5, 5.41) is 24.4. The summed E-state index contributed by atoms with van der Waals surface area (Å²) in [6.07, 6.45) is 4.02. The van der Waals surface area contributed by atoms with E-state index in [9.17, 15) is 0 Å². The van der Waals surface area contributed by atoms with Crippen molar-refractivity contribution in [2.45, 2.75) is 65.6 Å². The Morgan fingerprint density at radius 1 is 0.900 bits per heavy atom. The first-order valence-electron chi connectivity index (χ1n) is 7.49. The van der Waals surface area contributed by atoms with Crippen LogP contribution in [0.4, 0.5) is 0 Å². The monoisotopic (exact) mass is 296 g/mol. The van der Waals surface area contributed by atoms with Crippen LogP contribution in [0.25, 0.3) is 0 Å². The maximum absolute atomic E-state index is 8.43. The van der Waals surface area contributed by atoms with E-state index in [4.69, 9.17) is 20.1 Å². The summed E-state index contributed by atoms with van der Waals surface area (Å²) in [6.45, 7) is 9.78. The third-order valence-electron chi connectivity index (χ3n) is 1.96. The second-order valence-electron chi connectivity index (χ2n) is 4.66. The van der Waals surface area contributed by atoms with Gasteiger partial charge in [-0.1, -0.05) is 26.7 Å². The molecule has 0 aromatic rings. The van der Waals surface area contributed by atoms with E-state index in [0.717, 1.165) is 13.2 Å². The summed E-state index contributed by atoms with van der Waals surface area (Å²) >= 11 is 0. The van der Waals surface area contributed by atoms with Crippen LogP contribution in [0.5, 0.6) is 0 Å². The van der Waals surface area contributed by atoms with Crippen molar-refractivity contribution in [3.8, 4) is 0 Å². The summed E-state index contributed by atoms with van der Waals surface area (Å²) in [6, 6.07) is 0. The third kappa shape index (κ3) is 43.1. The first-order valence-corrected chi connectivity index (χ1v) is 7.49. The minimum Gasteiger partial charge on any atom is -0.394 e. The van der Waals surface area contributed by atoms with Gasteiger partial charge < -0.3 is 24.8 Å². The number of rotatable bonds is 9. The average Bonchev–Trinajstić information content (AvgIpc) is 2.40. The Bertz CT molecular complexity index is 134. The second-order valence-corrected chi connectivity index (χ2v) is 4.66. The number of ether oxygens (including phenoxy) is 2. The second kappa shape index (κ2) is 23.9. The standard InChI is InChI=1S/C8H18O.C4H10O2.C3H8O2/c1-3-5-7-9-8-6-4-2;1-4(5)3-6-2;1-3(5)2-4/h3-8H2,1-2H3;4-5H,3H2,1-2H3;3-5H,2H2,1H3. The number of aliphatic hydroxyl groups excluding tert-OH is 3. The van der Waals surface area contributed by atoms with E-state index < -0.39 is 6.10 Å². The normalized spacial score (nSPS) is 12.6. The lowest BCUT2D eigenvalue weighted by atomic mass is 10.3. The predicted molar refractivity (Wildman–Crippen MR) is 83.0 cm³/mol. The largest absolute Gasteiger partial charge is 0.394 e. The fraction of sp³-hybridized carbons (Fsp3) is 1.00. The van der Waals surface area contributed by atoms with Crippen molar-refractivity contribution in [2.75, 3.05) is 33.5 Å². The van der Waals surface area contributed by atoms with Gasteiger partial charge in [-0.2, -0.15) is 0 Å². The van der Waals surface area contributed by atoms with Gasteiger partial charge in [-0.05, 0) is 26.7 Å². The molecule has 0 saturated carbocycles. The van der Waals surface area contributed by atoms with Gasteiger partial charge in [-0.15, -0.1) is 0 Å². The van der Waals surface area contributed by atoms with Crippen LogP contribution in [-0.2, 0) is 9.47 Å². The Labute approximate surface area is 124 Å². The Morgan fingerprint density at radius 3 is 1.45 bits per heavy atom. The molecule has 2 unspecified atom stereocenters. The molecule has 0 saturated heterocycles. The quantitative estimate of drug-likeness (QED) is 0.567. The molecule has 126 valence electrons. The van der Waals surface area contributed by atoms with Crippen LogP contribution in [0.2, 0.25) is 0 Å². The van der Waals surface area contributed by atoms with E-state index in [1.54, 1.807) is 14.0 Å². The molecule has 0 aromatic heterocycles. The van der Waals surface area contributed by atoms with E-state index in [1.165, 1.54) is 32.6 Å². The molecule has 0 radical (unpaired) electrons. The fourth-order valence-electron chi connectivity index (χ4n) is 0.836. The number of hydrogen-bond donors (Lipinski definition) is 3. The molecule has 5 heteroatoms. The summed E-state index contributed by atoms with van der Waals surface area (Å²) in [5.74, 6) is 0. The highest BCUT2D eigenvalue weighted by Gasteiger charge is 1.87. The van der Waals surface area contributed by atoms with Gasteiger partial charge in [0.15, 0.2) is 0 Å². The zero-order chi connectivity index (χ0) is 16.2. The minimum atomic E-state index is -0.560. The maximum Gasteiger partial charge on any atom is 0.0745 e. The molecule has 0 aliphatic heterocycles. The molecule has 0 amide bonds. The molecule has 0 bridgehead atoms. The molecule has 20 heavy (non-hydrogen) atoms. The van der Waals surface area contributed by atoms with Crippen LogP contribution in [0.3, 0.4) is 0 Å². The molecule has 0 aliphatic carbocycles. The van der Waals surface area contributed by atoms with Gasteiger partial charge in [0.05, 0.1) is 25.4 Å². The molecule has 0 spiro atoms. The lowest BCUT2D eigenvalue weighted by Crippen LogP contribution is -2.07. The molecule has 2 atom stereocenters. The number of methoxy groups -OCH3 is 1. The van der Waals surface area contributed by atoms with Gasteiger partial charge in [0.25, 0.3) is 0 Å². The summed E-state index contributed by atoms with van der Waals surface area (Å²) in [7, 11) is 1.56. The van der Waals surface area contributed by atoms with Crippen molar-refractivity contribution in [2.24, 2.45) is 0 Å². The Morgan fingerprint density at radius 2 is 1.30 bits per heavy atom. The van der Waals surface area contributed by atoms with E-state index in [0.29, 0.717) is 6.61 Å². The van der Waals surface area contributed by atoms with Crippen LogP contribution in [0.15, 0.2) is 0 Å². The number of unbranched alkanes of at least 4 members (excludes halogenated alkanes) is 2. The van der Waals surface area contributed by atoms with E-state index in [-0.39, 0.29) is 12.7 Å². The van der Waals surface area contributed by atoms with Crippen molar-refractivity contribution in [1.29, 1.82) is 0 Å². The van der Waals surface area contributed by atoms with Crippen LogP contribution in [-0.4, -0.2) is 61.1 Å². The summed E-state index contributed by atoms with van der Waals surface area (Å²) < 4.78 is 9.87. The summed E-state index contributed by atoms with van der Waals surface area (Å²) in [4.78, 5) is 0. The molecule has 0 heterocycles. The zero-order valence-corrected chi connectivity index (χ0v) is 14.0. The van der Waals surface area contributed by atoms with Crippen molar-refractivity contribution in [1.82, 2.24) is 0 Å². The van der Waals surface area contributed by atoms with Crippen LogP contribution in [0.1, 0.15) is 53.4 Å². The molecule has 0 rings (SSSR count). The zero-order valence-electron chi connectivity index (χ0n) is 14.0. The van der Waals surface area contributed by atoms with Gasteiger partial charge in [0.2, 0.25) is 0 Å². The summed E-state index contributed by atoms with van der Waals surface area (Å²) in [5.41, 5.74) is 0. The first kappa shape index (κ1) is 24.8. The minimum absolute atomic E-state index is 0.139. The van der Waals surface area contributed by atoms with Crippen LogP contribution < -0.4 is 0 Å². The first-order chi connectivity index (χ1) is 9.45. The topological polar surface area (TPSA) is 79.2 Å². The molecule has 5 nitrogen and oxygen atoms in total. The number of hydrogen-bond acceptors (Lipinski definition) is 5. The molecule has 0 aliphatic rings. The van der Waals surface area contributed by atoms with Crippen molar-refractivity contribution < 1.29 is 24.8 Å². The van der Waals surface area contributed by atoms with Crippen molar-refractivity contribution >= 4 is 0 Å². The van der Waals surface area contributed by atoms with Gasteiger partial charge in [0.1, 0.15) is 0 Å². The molecule has 3 N–H and O–H groups in total. The lowest BCUT2D eigenvalue weighted by molar-refractivity contribution is 0.0765. The highest BCUT2D eigenvalue weighted by molar-refractivity contribution is 4.37. The SMILES string of the molecule is CC(O)CO.CCCCOCCCC.COCC(C)O. The Hall–Kier alpha value is -0.200. The molecular weight excluding hydrogens is 260 g/mol. The Kier molecular flexibility index (Phi) is 29.6. The van der Waals surface area contributed by atoms with Gasteiger partial charge >= 0.3 is 0 Å². The van der Waals surface area contributed by atoms with Gasteiger partial charge in [-0.3, -0.25) is 0 Å². The number of aliphatic hydroxyl groups is 3. The highest BCUT2D eigenvalue weighted by Crippen LogP contribution is 1.91. The van der Waals surface area contributed by atoms with Crippen molar-refractivity contribution in [3.05, 3.63) is 0 Å². The Balaban J connectivity index is -0.000000230. The van der Waals surface area contributed by atoms with Crippen LogP contribution in [0, 0.1) is 0 Å². The molecular formula is C15H36O5. The van der Waals surface area contributed by atoms with E-state index in [1.807, 2.05) is 0 Å². The smallest absolute Gasteiger partial charge is 0.0745 e. The maximum atomic E-state index is 8.43. The average molecular weight is 296 g/mol. The van der Waals surface area contributed by atoms with Crippen molar-refractivity contribution in [3.63, 3.8) is 0 Å². The van der Waals surface area contributed by atoms with Gasteiger partial charge in [-0.25, -0.2) is 0 Å². The van der Waals surface area contributed by atoms with Crippen LogP contribution >= 0.6 is 0 Å². The van der Waals surface area contributed by atoms with E-state index >= 15 is 0 Å². The van der Waals surface area contributed by atoms with Gasteiger partial charge in [0, 0.05) is 20.3 Å². The lowest BCUT2D eigenvalue weighted by Gasteiger charge is -1.99. The van der Waals surface area contributed by atoms with E-state index in [2.05, 4.69) is 18.6 Å². The fourth-order valence-corrected chi connectivity index (χ4v) is 0.836. The highest BCUT2D eigenvalue weighted by atomic mass is 16.5. The predicted octanol–water partition coefficient (Wildman–Crippen LogP) is 1.98. The molecule has 0 aromatic carbocycles. The molecule has 0 fully saturated rings.